The van der Waals surface area contributed by atoms with E-state index in [4.69, 9.17) is 4.74 Å². The second-order valence-electron chi connectivity index (χ2n) is 2.17. The van der Waals surface area contributed by atoms with Crippen LogP contribution >= 0.6 is 22.6 Å². The smallest absolute Gasteiger partial charge is 0.306 e. The number of nitro groups is 1. The Morgan fingerprint density at radius 1 is 1.62 bits per heavy atom. The Labute approximate surface area is 87.0 Å². The summed E-state index contributed by atoms with van der Waals surface area (Å²) in [6.45, 7) is 0. The average molecular weight is 297 g/mol. The van der Waals surface area contributed by atoms with Gasteiger partial charge in [-0.1, -0.05) is 0 Å². The molecule has 13 heavy (non-hydrogen) atoms. The number of hydrogen-bond donors (Lipinski definition) is 0. The number of rotatable bonds is 2. The van der Waals surface area contributed by atoms with E-state index in [-0.39, 0.29) is 3.57 Å². The van der Waals surface area contributed by atoms with Gasteiger partial charge in [0, 0.05) is 6.07 Å². The summed E-state index contributed by atoms with van der Waals surface area (Å²) in [6, 6.07) is 2.44. The predicted molar refractivity (Wildman–Crippen MR) is 52.3 cm³/mol. The van der Waals surface area contributed by atoms with Crippen molar-refractivity contribution in [2.45, 2.75) is 0 Å². The first-order valence-electron chi connectivity index (χ1n) is 3.24. The standard InChI is InChI=1S/C7H5FINO3/c1-13-5-3-2-4(10(11)12)6(8)7(5)9/h2-3H,1H3. The lowest BCUT2D eigenvalue weighted by Gasteiger charge is -2.03. The normalized spacial score (nSPS) is 9.77. The van der Waals surface area contributed by atoms with Crippen LogP contribution in [0.1, 0.15) is 0 Å². The van der Waals surface area contributed by atoms with Crippen molar-refractivity contribution in [1.82, 2.24) is 0 Å². The number of methoxy groups -OCH3 is 1. The molecular formula is C7H5FINO3. The van der Waals surface area contributed by atoms with E-state index >= 15 is 0 Å². The van der Waals surface area contributed by atoms with E-state index in [1.54, 1.807) is 22.6 Å². The summed E-state index contributed by atoms with van der Waals surface area (Å²) >= 11 is 1.66. The summed E-state index contributed by atoms with van der Waals surface area (Å²) in [5.41, 5.74) is -0.537. The molecule has 0 saturated carbocycles. The van der Waals surface area contributed by atoms with Crippen LogP contribution in [-0.2, 0) is 0 Å². The summed E-state index contributed by atoms with van der Waals surface area (Å²) in [7, 11) is 1.38. The lowest BCUT2D eigenvalue weighted by atomic mass is 10.3. The van der Waals surface area contributed by atoms with Crippen LogP contribution < -0.4 is 4.74 Å². The highest BCUT2D eigenvalue weighted by molar-refractivity contribution is 14.1. The number of halogens is 2. The zero-order valence-corrected chi connectivity index (χ0v) is 8.74. The van der Waals surface area contributed by atoms with Gasteiger partial charge in [-0.15, -0.1) is 0 Å². The third kappa shape index (κ3) is 1.87. The molecule has 0 unspecified atom stereocenters. The van der Waals surface area contributed by atoms with Gasteiger partial charge in [0.1, 0.15) is 5.75 Å². The van der Waals surface area contributed by atoms with Gasteiger partial charge in [-0.25, -0.2) is 0 Å². The van der Waals surface area contributed by atoms with Crippen molar-refractivity contribution in [3.8, 4) is 5.75 Å². The fraction of sp³-hybridized carbons (Fsp3) is 0.143. The number of hydrogen-bond acceptors (Lipinski definition) is 3. The Morgan fingerprint density at radius 2 is 2.23 bits per heavy atom. The molecule has 1 aromatic carbocycles. The molecule has 0 aliphatic rings. The molecule has 0 N–H and O–H groups in total. The third-order valence-corrected chi connectivity index (χ3v) is 2.45. The Kier molecular flexibility index (Phi) is 3.02. The van der Waals surface area contributed by atoms with Crippen LogP contribution in [0.25, 0.3) is 0 Å². The molecule has 0 radical (unpaired) electrons. The topological polar surface area (TPSA) is 52.4 Å². The van der Waals surface area contributed by atoms with Crippen molar-refractivity contribution in [2.75, 3.05) is 7.11 Å². The van der Waals surface area contributed by atoms with Gasteiger partial charge in [-0.3, -0.25) is 10.1 Å². The molecule has 1 aromatic rings. The number of ether oxygens (including phenoxy) is 1. The van der Waals surface area contributed by atoms with Gasteiger partial charge >= 0.3 is 5.69 Å². The summed E-state index contributed by atoms with van der Waals surface area (Å²) < 4.78 is 18.1. The molecule has 0 fully saturated rings. The van der Waals surface area contributed by atoms with Crippen molar-refractivity contribution in [2.24, 2.45) is 0 Å². The predicted octanol–water partition coefficient (Wildman–Crippen LogP) is 2.35. The maximum Gasteiger partial charge on any atom is 0.306 e. The van der Waals surface area contributed by atoms with Crippen LogP contribution in [0.15, 0.2) is 12.1 Å². The molecule has 0 aliphatic carbocycles. The van der Waals surface area contributed by atoms with Gasteiger partial charge in [0.2, 0.25) is 5.82 Å². The Balaban J connectivity index is 3.31. The molecule has 0 spiro atoms. The molecule has 4 nitrogen and oxygen atoms in total. The molecule has 0 aliphatic heterocycles. The summed E-state index contributed by atoms with van der Waals surface area (Å²) in [5.74, 6) is -0.561. The second kappa shape index (κ2) is 3.86. The van der Waals surface area contributed by atoms with Gasteiger partial charge in [0.25, 0.3) is 0 Å². The Bertz CT molecular complexity index is 356. The highest BCUT2D eigenvalue weighted by Crippen LogP contribution is 2.29. The van der Waals surface area contributed by atoms with E-state index in [1.165, 1.54) is 13.2 Å². The van der Waals surface area contributed by atoms with Crippen LogP contribution in [0.4, 0.5) is 10.1 Å². The SMILES string of the molecule is COc1ccc([N+](=O)[O-])c(F)c1I. The Hall–Kier alpha value is -0.920. The van der Waals surface area contributed by atoms with E-state index < -0.39 is 16.4 Å². The molecule has 0 saturated heterocycles. The van der Waals surface area contributed by atoms with Crippen LogP contribution in [0.5, 0.6) is 5.75 Å². The van der Waals surface area contributed by atoms with Gasteiger partial charge in [-0.05, 0) is 28.7 Å². The minimum absolute atomic E-state index is 0.120. The number of nitrogens with zero attached hydrogens (tertiary/aromatic N) is 1. The van der Waals surface area contributed by atoms with E-state index in [9.17, 15) is 14.5 Å². The zero-order valence-electron chi connectivity index (χ0n) is 6.58. The molecule has 0 aromatic heterocycles. The molecule has 70 valence electrons. The first-order valence-corrected chi connectivity index (χ1v) is 4.32. The van der Waals surface area contributed by atoms with Crippen LogP contribution in [0.3, 0.4) is 0 Å². The molecule has 6 heteroatoms. The molecular weight excluding hydrogens is 292 g/mol. The number of nitro benzene ring substituents is 1. The zero-order chi connectivity index (χ0) is 10.0. The summed E-state index contributed by atoms with van der Waals surface area (Å²) in [6.07, 6.45) is 0. The molecule has 0 atom stereocenters. The monoisotopic (exact) mass is 297 g/mol. The minimum atomic E-state index is -0.857. The average Bonchev–Trinajstić information content (AvgIpc) is 2.09. The van der Waals surface area contributed by atoms with Gasteiger partial charge < -0.3 is 4.74 Å². The fourth-order valence-electron chi connectivity index (χ4n) is 0.820. The van der Waals surface area contributed by atoms with E-state index in [0.717, 1.165) is 6.07 Å². The summed E-state index contributed by atoms with van der Waals surface area (Å²) in [4.78, 5) is 9.53. The van der Waals surface area contributed by atoms with Gasteiger partial charge in [0.15, 0.2) is 0 Å². The molecule has 0 heterocycles. The molecule has 1 rings (SSSR count). The van der Waals surface area contributed by atoms with Gasteiger partial charge in [-0.2, -0.15) is 4.39 Å². The van der Waals surface area contributed by atoms with Crippen molar-refractivity contribution in [3.05, 3.63) is 31.6 Å². The largest absolute Gasteiger partial charge is 0.496 e. The molecule has 0 bridgehead atoms. The third-order valence-electron chi connectivity index (χ3n) is 1.44. The first kappa shape index (κ1) is 10.2. The highest BCUT2D eigenvalue weighted by atomic mass is 127. The van der Waals surface area contributed by atoms with E-state index in [0.29, 0.717) is 5.75 Å². The Morgan fingerprint density at radius 3 is 2.69 bits per heavy atom. The number of benzene rings is 1. The summed E-state index contributed by atoms with van der Waals surface area (Å²) in [5, 5.41) is 10.3. The van der Waals surface area contributed by atoms with E-state index in [1.807, 2.05) is 0 Å². The maximum atomic E-state index is 13.2. The molecule has 0 amide bonds. The lowest BCUT2D eigenvalue weighted by molar-refractivity contribution is -0.387. The van der Waals surface area contributed by atoms with E-state index in [2.05, 4.69) is 0 Å². The maximum absolute atomic E-state index is 13.2. The van der Waals surface area contributed by atoms with Crippen LogP contribution in [0.2, 0.25) is 0 Å². The van der Waals surface area contributed by atoms with Crippen molar-refractivity contribution < 1.29 is 14.1 Å². The lowest BCUT2D eigenvalue weighted by Crippen LogP contribution is -1.97. The van der Waals surface area contributed by atoms with Crippen LogP contribution in [-0.4, -0.2) is 12.0 Å². The fourth-order valence-corrected chi connectivity index (χ4v) is 1.50. The van der Waals surface area contributed by atoms with Gasteiger partial charge in [0.05, 0.1) is 15.6 Å². The highest BCUT2D eigenvalue weighted by Gasteiger charge is 2.19. The first-order chi connectivity index (χ1) is 6.07. The van der Waals surface area contributed by atoms with Crippen molar-refractivity contribution in [1.29, 1.82) is 0 Å². The van der Waals surface area contributed by atoms with Crippen LogP contribution in [0, 0.1) is 19.5 Å². The quantitative estimate of drug-likeness (QED) is 0.478. The minimum Gasteiger partial charge on any atom is -0.496 e. The second-order valence-corrected chi connectivity index (χ2v) is 3.25. The van der Waals surface area contributed by atoms with Crippen molar-refractivity contribution in [3.63, 3.8) is 0 Å². The van der Waals surface area contributed by atoms with Crippen molar-refractivity contribution >= 4 is 28.3 Å².